The molecule has 1 unspecified atom stereocenters. The standard InChI is InChI=1S/C16H17NO2S2/c1-12(14-7-3-2-4-8-14)21(18,19)11-13-6-5-9-15(10-13)16(17)20/h2-10,12H,11H2,1H3,(H2,17,20). The number of sulfone groups is 1. The molecule has 0 aromatic heterocycles. The molecule has 0 aliphatic carbocycles. The Hall–Kier alpha value is -1.72. The third-order valence-corrected chi connectivity index (χ3v) is 5.71. The van der Waals surface area contributed by atoms with Crippen LogP contribution in [0.1, 0.15) is 28.9 Å². The second-order valence-electron chi connectivity index (χ2n) is 4.92. The van der Waals surface area contributed by atoms with Crippen molar-refractivity contribution in [3.05, 3.63) is 71.3 Å². The fourth-order valence-corrected chi connectivity index (χ4v) is 3.70. The van der Waals surface area contributed by atoms with Crippen molar-refractivity contribution in [1.29, 1.82) is 0 Å². The fraction of sp³-hybridized carbons (Fsp3) is 0.188. The van der Waals surface area contributed by atoms with Crippen LogP contribution in [-0.2, 0) is 15.6 Å². The molecule has 0 aliphatic heterocycles. The van der Waals surface area contributed by atoms with Crippen LogP contribution in [0.5, 0.6) is 0 Å². The molecule has 21 heavy (non-hydrogen) atoms. The van der Waals surface area contributed by atoms with Crippen molar-refractivity contribution >= 4 is 27.0 Å². The highest BCUT2D eigenvalue weighted by Gasteiger charge is 2.22. The van der Waals surface area contributed by atoms with Crippen LogP contribution in [-0.4, -0.2) is 13.4 Å². The number of thiocarbonyl (C=S) groups is 1. The third-order valence-electron chi connectivity index (χ3n) is 3.39. The van der Waals surface area contributed by atoms with Gasteiger partial charge >= 0.3 is 0 Å². The zero-order valence-corrected chi connectivity index (χ0v) is 13.3. The van der Waals surface area contributed by atoms with Gasteiger partial charge in [-0.2, -0.15) is 0 Å². The van der Waals surface area contributed by atoms with Crippen LogP contribution in [0.3, 0.4) is 0 Å². The van der Waals surface area contributed by atoms with Gasteiger partial charge < -0.3 is 5.73 Å². The fourth-order valence-electron chi connectivity index (χ4n) is 2.10. The Morgan fingerprint density at radius 3 is 2.43 bits per heavy atom. The van der Waals surface area contributed by atoms with E-state index in [2.05, 4.69) is 0 Å². The van der Waals surface area contributed by atoms with Crippen LogP contribution in [0.2, 0.25) is 0 Å². The van der Waals surface area contributed by atoms with Gasteiger partial charge in [0.15, 0.2) is 9.84 Å². The molecule has 0 aliphatic rings. The number of hydrogen-bond donors (Lipinski definition) is 1. The molecule has 2 aromatic rings. The number of rotatable bonds is 5. The van der Waals surface area contributed by atoms with E-state index in [0.29, 0.717) is 11.1 Å². The van der Waals surface area contributed by atoms with Gasteiger partial charge in [-0.25, -0.2) is 8.42 Å². The molecule has 0 saturated heterocycles. The van der Waals surface area contributed by atoms with Crippen molar-refractivity contribution in [3.63, 3.8) is 0 Å². The second kappa shape index (κ2) is 6.37. The zero-order chi connectivity index (χ0) is 15.5. The number of benzene rings is 2. The Labute approximate surface area is 130 Å². The molecule has 0 saturated carbocycles. The van der Waals surface area contributed by atoms with Gasteiger partial charge in [0.2, 0.25) is 0 Å². The summed E-state index contributed by atoms with van der Waals surface area (Å²) in [7, 11) is -3.29. The first kappa shape index (κ1) is 15.7. The Morgan fingerprint density at radius 2 is 1.81 bits per heavy atom. The average molecular weight is 319 g/mol. The molecule has 0 amide bonds. The first-order valence-electron chi connectivity index (χ1n) is 6.55. The molecule has 2 rings (SSSR count). The topological polar surface area (TPSA) is 60.2 Å². The number of nitrogens with two attached hydrogens (primary N) is 1. The van der Waals surface area contributed by atoms with E-state index in [0.717, 1.165) is 5.56 Å². The van der Waals surface area contributed by atoms with Crippen molar-refractivity contribution in [3.8, 4) is 0 Å². The Morgan fingerprint density at radius 1 is 1.14 bits per heavy atom. The van der Waals surface area contributed by atoms with Crippen LogP contribution < -0.4 is 5.73 Å². The van der Waals surface area contributed by atoms with E-state index >= 15 is 0 Å². The molecular weight excluding hydrogens is 302 g/mol. The monoisotopic (exact) mass is 319 g/mol. The van der Waals surface area contributed by atoms with Gasteiger partial charge in [0.1, 0.15) is 4.99 Å². The van der Waals surface area contributed by atoms with E-state index in [9.17, 15) is 8.42 Å². The maximum Gasteiger partial charge on any atom is 0.161 e. The lowest BCUT2D eigenvalue weighted by Gasteiger charge is -2.13. The van der Waals surface area contributed by atoms with Gasteiger partial charge in [-0.05, 0) is 24.1 Å². The summed E-state index contributed by atoms with van der Waals surface area (Å²) < 4.78 is 25.0. The summed E-state index contributed by atoms with van der Waals surface area (Å²) in [5.41, 5.74) is 7.76. The van der Waals surface area contributed by atoms with E-state index in [1.165, 1.54) is 0 Å². The van der Waals surface area contributed by atoms with Crippen molar-refractivity contribution in [2.24, 2.45) is 5.73 Å². The van der Waals surface area contributed by atoms with Crippen LogP contribution >= 0.6 is 12.2 Å². The summed E-state index contributed by atoms with van der Waals surface area (Å²) in [6.07, 6.45) is 0. The summed E-state index contributed by atoms with van der Waals surface area (Å²) >= 11 is 4.92. The van der Waals surface area contributed by atoms with E-state index < -0.39 is 15.1 Å². The third kappa shape index (κ3) is 3.89. The minimum Gasteiger partial charge on any atom is -0.389 e. The van der Waals surface area contributed by atoms with Gasteiger partial charge in [-0.1, -0.05) is 60.7 Å². The zero-order valence-electron chi connectivity index (χ0n) is 11.7. The van der Waals surface area contributed by atoms with Gasteiger partial charge in [-0.15, -0.1) is 0 Å². The Bertz CT molecular complexity index is 740. The molecule has 1 atom stereocenters. The van der Waals surface area contributed by atoms with E-state index in [1.807, 2.05) is 30.3 Å². The molecule has 0 heterocycles. The largest absolute Gasteiger partial charge is 0.389 e. The van der Waals surface area contributed by atoms with Crippen LogP contribution in [0, 0.1) is 0 Å². The maximum atomic E-state index is 12.5. The normalized spacial score (nSPS) is 12.8. The molecule has 2 aromatic carbocycles. The average Bonchev–Trinajstić information content (AvgIpc) is 2.47. The first-order valence-corrected chi connectivity index (χ1v) is 8.68. The van der Waals surface area contributed by atoms with Crippen LogP contribution in [0.25, 0.3) is 0 Å². The van der Waals surface area contributed by atoms with Crippen LogP contribution in [0.15, 0.2) is 54.6 Å². The highest BCUT2D eigenvalue weighted by molar-refractivity contribution is 7.90. The first-order chi connectivity index (χ1) is 9.90. The maximum absolute atomic E-state index is 12.5. The minimum atomic E-state index is -3.29. The summed E-state index contributed by atoms with van der Waals surface area (Å²) in [6.45, 7) is 1.71. The highest BCUT2D eigenvalue weighted by atomic mass is 32.2. The quantitative estimate of drug-likeness (QED) is 0.861. The SMILES string of the molecule is CC(c1ccccc1)S(=O)(=O)Cc1cccc(C(N)=S)c1. The summed E-state index contributed by atoms with van der Waals surface area (Å²) in [4.78, 5) is 0.269. The lowest BCUT2D eigenvalue weighted by atomic mass is 10.1. The van der Waals surface area contributed by atoms with Gasteiger partial charge in [-0.3, -0.25) is 0 Å². The highest BCUT2D eigenvalue weighted by Crippen LogP contribution is 2.25. The lowest BCUT2D eigenvalue weighted by molar-refractivity contribution is 0.585. The van der Waals surface area contributed by atoms with Gasteiger partial charge in [0.05, 0.1) is 11.0 Å². The molecule has 110 valence electrons. The van der Waals surface area contributed by atoms with Crippen molar-refractivity contribution < 1.29 is 8.42 Å². The Kier molecular flexibility index (Phi) is 4.75. The van der Waals surface area contributed by atoms with Crippen molar-refractivity contribution in [2.45, 2.75) is 17.9 Å². The van der Waals surface area contributed by atoms with E-state index in [-0.39, 0.29) is 10.7 Å². The molecule has 5 heteroatoms. The van der Waals surface area contributed by atoms with E-state index in [4.69, 9.17) is 18.0 Å². The molecule has 0 bridgehead atoms. The predicted octanol–water partition coefficient (Wildman–Crippen LogP) is 3.00. The molecular formula is C16H17NO2S2. The van der Waals surface area contributed by atoms with Gasteiger partial charge in [0.25, 0.3) is 0 Å². The minimum absolute atomic E-state index is 0.0283. The summed E-state index contributed by atoms with van der Waals surface area (Å²) in [5.74, 6) is -0.0283. The molecule has 0 fully saturated rings. The Balaban J connectivity index is 2.25. The van der Waals surface area contributed by atoms with Crippen LogP contribution in [0.4, 0.5) is 0 Å². The van der Waals surface area contributed by atoms with Gasteiger partial charge in [0, 0.05) is 5.56 Å². The molecule has 3 nitrogen and oxygen atoms in total. The second-order valence-corrected chi connectivity index (χ2v) is 7.69. The summed E-state index contributed by atoms with van der Waals surface area (Å²) in [6, 6.07) is 16.3. The lowest BCUT2D eigenvalue weighted by Crippen LogP contribution is -2.14. The smallest absolute Gasteiger partial charge is 0.161 e. The molecule has 2 N–H and O–H groups in total. The number of hydrogen-bond acceptors (Lipinski definition) is 3. The molecule has 0 radical (unpaired) electrons. The van der Waals surface area contributed by atoms with Crippen molar-refractivity contribution in [1.82, 2.24) is 0 Å². The van der Waals surface area contributed by atoms with Crippen molar-refractivity contribution in [2.75, 3.05) is 0 Å². The predicted molar refractivity (Wildman–Crippen MR) is 89.8 cm³/mol. The molecule has 0 spiro atoms. The summed E-state index contributed by atoms with van der Waals surface area (Å²) in [5, 5.41) is -0.549. The van der Waals surface area contributed by atoms with E-state index in [1.54, 1.807) is 31.2 Å².